The summed E-state index contributed by atoms with van der Waals surface area (Å²) in [4.78, 5) is 11.7. The highest BCUT2D eigenvalue weighted by atomic mass is 35.5. The van der Waals surface area contributed by atoms with Gasteiger partial charge in [-0.05, 0) is 31.0 Å². The number of methoxy groups -OCH3 is 1. The summed E-state index contributed by atoms with van der Waals surface area (Å²) in [6, 6.07) is 4.29. The van der Waals surface area contributed by atoms with Crippen molar-refractivity contribution in [3.63, 3.8) is 0 Å². The molecule has 0 radical (unpaired) electrons. The molecule has 2 nitrogen and oxygen atoms in total. The summed E-state index contributed by atoms with van der Waals surface area (Å²) in [5, 5.41) is 0. The number of ether oxygens (including phenoxy) is 1. The van der Waals surface area contributed by atoms with E-state index in [0.29, 0.717) is 17.9 Å². The summed E-state index contributed by atoms with van der Waals surface area (Å²) in [6.07, 6.45) is 3.06. The van der Waals surface area contributed by atoms with Gasteiger partial charge >= 0.3 is 0 Å². The van der Waals surface area contributed by atoms with Crippen LogP contribution in [0.2, 0.25) is 0 Å². The first kappa shape index (κ1) is 14.0. The Kier molecular flexibility index (Phi) is 5.98. The number of hydrogen-bond donors (Lipinski definition) is 0. The largest absolute Gasteiger partial charge is 0.494 e. The lowest BCUT2D eigenvalue weighted by Crippen LogP contribution is -2.00. The highest BCUT2D eigenvalue weighted by Crippen LogP contribution is 2.19. The van der Waals surface area contributed by atoms with E-state index in [1.54, 1.807) is 6.07 Å². The van der Waals surface area contributed by atoms with Gasteiger partial charge in [-0.1, -0.05) is 6.42 Å². The molecule has 0 aliphatic rings. The Balaban J connectivity index is 2.54. The molecule has 0 amide bonds. The molecule has 0 spiro atoms. The molecule has 0 N–H and O–H groups in total. The minimum absolute atomic E-state index is 0.0406. The first-order valence-corrected chi connectivity index (χ1v) is 6.15. The van der Waals surface area contributed by atoms with Crippen molar-refractivity contribution in [3.8, 4) is 5.75 Å². The van der Waals surface area contributed by atoms with Crippen molar-refractivity contribution in [3.05, 3.63) is 29.6 Å². The molecule has 1 aromatic carbocycles. The molecular formula is C13H16ClFO2. The minimum Gasteiger partial charge on any atom is -0.494 e. The molecule has 0 fully saturated rings. The zero-order valence-corrected chi connectivity index (χ0v) is 10.6. The van der Waals surface area contributed by atoms with Gasteiger partial charge in [0.05, 0.1) is 7.11 Å². The number of alkyl halides is 1. The van der Waals surface area contributed by atoms with Crippen molar-refractivity contribution in [1.82, 2.24) is 0 Å². The van der Waals surface area contributed by atoms with E-state index in [0.717, 1.165) is 19.3 Å². The van der Waals surface area contributed by atoms with Crippen molar-refractivity contribution in [1.29, 1.82) is 0 Å². The van der Waals surface area contributed by atoms with Crippen LogP contribution in [0.25, 0.3) is 0 Å². The van der Waals surface area contributed by atoms with Crippen LogP contribution >= 0.6 is 11.6 Å². The standard InChI is InChI=1S/C13H16ClFO2/c1-17-13-7-6-10(9-11(13)15)12(16)5-3-2-4-8-14/h6-7,9H,2-5,8H2,1H3. The minimum atomic E-state index is -0.501. The molecule has 0 aliphatic heterocycles. The number of hydrogen-bond acceptors (Lipinski definition) is 2. The molecule has 0 unspecified atom stereocenters. The van der Waals surface area contributed by atoms with Crippen LogP contribution in [0.1, 0.15) is 36.0 Å². The number of ketones is 1. The van der Waals surface area contributed by atoms with Gasteiger partial charge in [0.25, 0.3) is 0 Å². The third kappa shape index (κ3) is 4.35. The van der Waals surface area contributed by atoms with Crippen LogP contribution in [0.15, 0.2) is 18.2 Å². The topological polar surface area (TPSA) is 26.3 Å². The van der Waals surface area contributed by atoms with Crippen molar-refractivity contribution >= 4 is 17.4 Å². The van der Waals surface area contributed by atoms with Gasteiger partial charge in [-0.3, -0.25) is 4.79 Å². The Bertz CT molecular complexity index is 380. The van der Waals surface area contributed by atoms with Gasteiger partial charge in [-0.2, -0.15) is 0 Å². The van der Waals surface area contributed by atoms with E-state index >= 15 is 0 Å². The zero-order chi connectivity index (χ0) is 12.7. The van der Waals surface area contributed by atoms with Gasteiger partial charge < -0.3 is 4.74 Å². The van der Waals surface area contributed by atoms with E-state index in [1.807, 2.05) is 0 Å². The fourth-order valence-electron chi connectivity index (χ4n) is 1.54. The predicted molar refractivity (Wildman–Crippen MR) is 66.5 cm³/mol. The Hall–Kier alpha value is -1.09. The molecule has 0 saturated carbocycles. The Morgan fingerprint density at radius 1 is 1.35 bits per heavy atom. The second-order valence-corrected chi connectivity index (χ2v) is 4.15. The van der Waals surface area contributed by atoms with Gasteiger partial charge in [-0.25, -0.2) is 4.39 Å². The third-order valence-corrected chi connectivity index (χ3v) is 2.78. The quantitative estimate of drug-likeness (QED) is 0.422. The predicted octanol–water partition coefficient (Wildman–Crippen LogP) is 3.82. The van der Waals surface area contributed by atoms with Gasteiger partial charge in [0.2, 0.25) is 0 Å². The Labute approximate surface area is 106 Å². The summed E-state index contributed by atoms with van der Waals surface area (Å²) in [5.41, 5.74) is 0.397. The van der Waals surface area contributed by atoms with E-state index < -0.39 is 5.82 Å². The maximum atomic E-state index is 13.4. The van der Waals surface area contributed by atoms with Crippen LogP contribution in [0.4, 0.5) is 4.39 Å². The number of Topliss-reactive ketones (excluding diaryl/α,β-unsaturated/α-hetero) is 1. The number of benzene rings is 1. The zero-order valence-electron chi connectivity index (χ0n) is 9.84. The van der Waals surface area contributed by atoms with Crippen LogP contribution in [0, 0.1) is 5.82 Å². The van der Waals surface area contributed by atoms with E-state index in [1.165, 1.54) is 19.2 Å². The van der Waals surface area contributed by atoms with Crippen LogP contribution in [0.3, 0.4) is 0 Å². The first-order chi connectivity index (χ1) is 8.19. The highest BCUT2D eigenvalue weighted by molar-refractivity contribution is 6.17. The summed E-state index contributed by atoms with van der Waals surface area (Å²) in [5.74, 6) is 0.231. The van der Waals surface area contributed by atoms with Gasteiger partial charge in [-0.15, -0.1) is 11.6 Å². The molecular weight excluding hydrogens is 243 g/mol. The molecule has 0 saturated heterocycles. The summed E-state index contributed by atoms with van der Waals surface area (Å²) >= 11 is 5.54. The molecule has 0 atom stereocenters. The average Bonchev–Trinajstić information content (AvgIpc) is 2.34. The fraction of sp³-hybridized carbons (Fsp3) is 0.462. The lowest BCUT2D eigenvalue weighted by molar-refractivity contribution is 0.0979. The number of carbonyl (C=O) groups is 1. The van der Waals surface area contributed by atoms with Gasteiger partial charge in [0, 0.05) is 17.9 Å². The molecule has 94 valence electrons. The second kappa shape index (κ2) is 7.28. The Morgan fingerprint density at radius 2 is 2.12 bits per heavy atom. The van der Waals surface area contributed by atoms with E-state index in [2.05, 4.69) is 0 Å². The monoisotopic (exact) mass is 258 g/mol. The highest BCUT2D eigenvalue weighted by Gasteiger charge is 2.09. The first-order valence-electron chi connectivity index (χ1n) is 5.61. The maximum Gasteiger partial charge on any atom is 0.165 e. The van der Waals surface area contributed by atoms with Gasteiger partial charge in [0.15, 0.2) is 17.3 Å². The van der Waals surface area contributed by atoms with Crippen LogP contribution in [0.5, 0.6) is 5.75 Å². The van der Waals surface area contributed by atoms with E-state index in [-0.39, 0.29) is 11.5 Å². The summed E-state index contributed by atoms with van der Waals surface area (Å²) < 4.78 is 18.2. The molecule has 1 aromatic rings. The average molecular weight is 259 g/mol. The van der Waals surface area contributed by atoms with Crippen molar-refractivity contribution in [2.24, 2.45) is 0 Å². The smallest absolute Gasteiger partial charge is 0.165 e. The van der Waals surface area contributed by atoms with Crippen LogP contribution in [-0.2, 0) is 0 Å². The number of rotatable bonds is 7. The van der Waals surface area contributed by atoms with E-state index in [9.17, 15) is 9.18 Å². The summed E-state index contributed by atoms with van der Waals surface area (Å²) in [6.45, 7) is 0. The van der Waals surface area contributed by atoms with Crippen molar-refractivity contribution < 1.29 is 13.9 Å². The van der Waals surface area contributed by atoms with Crippen LogP contribution < -0.4 is 4.74 Å². The maximum absolute atomic E-state index is 13.4. The summed E-state index contributed by atoms with van der Waals surface area (Å²) in [7, 11) is 1.39. The van der Waals surface area contributed by atoms with Crippen LogP contribution in [-0.4, -0.2) is 18.8 Å². The van der Waals surface area contributed by atoms with Crippen molar-refractivity contribution in [2.45, 2.75) is 25.7 Å². The third-order valence-electron chi connectivity index (χ3n) is 2.51. The molecule has 17 heavy (non-hydrogen) atoms. The molecule has 1 rings (SSSR count). The molecule has 0 heterocycles. The fourth-order valence-corrected chi connectivity index (χ4v) is 1.73. The number of carbonyl (C=O) groups excluding carboxylic acids is 1. The molecule has 4 heteroatoms. The lowest BCUT2D eigenvalue weighted by Gasteiger charge is -2.04. The second-order valence-electron chi connectivity index (χ2n) is 3.77. The number of halogens is 2. The number of unbranched alkanes of at least 4 members (excludes halogenated alkanes) is 2. The van der Waals surface area contributed by atoms with Crippen molar-refractivity contribution in [2.75, 3.05) is 13.0 Å². The SMILES string of the molecule is COc1ccc(C(=O)CCCCCCl)cc1F. The normalized spacial score (nSPS) is 10.3. The van der Waals surface area contributed by atoms with Gasteiger partial charge in [0.1, 0.15) is 0 Å². The lowest BCUT2D eigenvalue weighted by atomic mass is 10.0. The molecule has 0 aromatic heterocycles. The van der Waals surface area contributed by atoms with E-state index in [4.69, 9.17) is 16.3 Å². The Morgan fingerprint density at radius 3 is 2.71 bits per heavy atom. The molecule has 0 bridgehead atoms. The molecule has 0 aliphatic carbocycles.